The van der Waals surface area contributed by atoms with Crippen LogP contribution >= 0.6 is 11.8 Å². The van der Waals surface area contributed by atoms with Crippen molar-refractivity contribution in [3.8, 4) is 0 Å². The molecule has 0 spiro atoms. The molecule has 6 heteroatoms. The van der Waals surface area contributed by atoms with Crippen LogP contribution in [-0.2, 0) is 7.05 Å². The monoisotopic (exact) mass is 234 g/mol. The highest BCUT2D eigenvalue weighted by atomic mass is 32.2. The maximum absolute atomic E-state index is 11.1. The van der Waals surface area contributed by atoms with Crippen LogP contribution in [0.3, 0.4) is 0 Å². The molecule has 0 fully saturated rings. The number of carbonyl (C=O) groups excluding carboxylic acids is 1. The number of pyridine rings is 1. The zero-order chi connectivity index (χ0) is 11.5. The molecular weight excluding hydrogens is 224 g/mol. The SMILES string of the molecule is CC(=O)c1ccc(Sc2ncnn2C)nc1. The minimum absolute atomic E-state index is 0.0164. The molecule has 0 bridgehead atoms. The second-order valence-electron chi connectivity index (χ2n) is 3.21. The van der Waals surface area contributed by atoms with Gasteiger partial charge in [0.15, 0.2) is 10.9 Å². The molecule has 0 N–H and O–H groups in total. The molecule has 2 aromatic heterocycles. The van der Waals surface area contributed by atoms with E-state index in [1.165, 1.54) is 25.0 Å². The van der Waals surface area contributed by atoms with Gasteiger partial charge in [-0.25, -0.2) is 14.6 Å². The van der Waals surface area contributed by atoms with Crippen molar-refractivity contribution in [2.24, 2.45) is 7.05 Å². The Bertz CT molecular complexity index is 506. The van der Waals surface area contributed by atoms with Gasteiger partial charge < -0.3 is 0 Å². The fourth-order valence-electron chi connectivity index (χ4n) is 1.12. The quantitative estimate of drug-likeness (QED) is 0.754. The Kier molecular flexibility index (Phi) is 3.00. The average molecular weight is 234 g/mol. The number of rotatable bonds is 3. The number of Topliss-reactive ketones (excluding diaryl/α,β-unsaturated/α-hetero) is 1. The van der Waals surface area contributed by atoms with Gasteiger partial charge in [-0.3, -0.25) is 4.79 Å². The molecule has 0 aromatic carbocycles. The molecule has 0 aliphatic heterocycles. The van der Waals surface area contributed by atoms with E-state index in [1.807, 2.05) is 7.05 Å². The van der Waals surface area contributed by atoms with Gasteiger partial charge in [-0.2, -0.15) is 5.10 Å². The van der Waals surface area contributed by atoms with Crippen molar-refractivity contribution in [1.29, 1.82) is 0 Å². The van der Waals surface area contributed by atoms with Gasteiger partial charge >= 0.3 is 0 Å². The molecule has 0 aliphatic carbocycles. The molecular formula is C10H10N4OS. The highest BCUT2D eigenvalue weighted by molar-refractivity contribution is 7.99. The number of hydrogen-bond donors (Lipinski definition) is 0. The summed E-state index contributed by atoms with van der Waals surface area (Å²) in [6.07, 6.45) is 3.06. The van der Waals surface area contributed by atoms with Gasteiger partial charge in [0.05, 0.1) is 0 Å². The van der Waals surface area contributed by atoms with Crippen molar-refractivity contribution in [2.75, 3.05) is 0 Å². The Hall–Kier alpha value is -1.69. The lowest BCUT2D eigenvalue weighted by atomic mass is 10.2. The molecule has 0 saturated heterocycles. The normalized spacial score (nSPS) is 10.4. The van der Waals surface area contributed by atoms with E-state index in [9.17, 15) is 4.79 Å². The highest BCUT2D eigenvalue weighted by Gasteiger charge is 2.05. The number of carbonyl (C=O) groups is 1. The fraction of sp³-hybridized carbons (Fsp3) is 0.200. The predicted molar refractivity (Wildman–Crippen MR) is 59.4 cm³/mol. The van der Waals surface area contributed by atoms with Crippen molar-refractivity contribution in [1.82, 2.24) is 19.7 Å². The summed E-state index contributed by atoms with van der Waals surface area (Å²) in [6.45, 7) is 1.52. The largest absolute Gasteiger partial charge is 0.294 e. The first-order chi connectivity index (χ1) is 7.66. The molecule has 0 aliphatic rings. The third kappa shape index (κ3) is 2.27. The maximum Gasteiger partial charge on any atom is 0.192 e. The van der Waals surface area contributed by atoms with E-state index in [1.54, 1.807) is 23.0 Å². The van der Waals surface area contributed by atoms with E-state index in [-0.39, 0.29) is 5.78 Å². The number of aryl methyl sites for hydroxylation is 1. The number of nitrogens with zero attached hydrogens (tertiary/aromatic N) is 4. The average Bonchev–Trinajstić information content (AvgIpc) is 2.65. The lowest BCUT2D eigenvalue weighted by Crippen LogP contribution is -1.95. The highest BCUT2D eigenvalue weighted by Crippen LogP contribution is 2.22. The van der Waals surface area contributed by atoms with Crippen LogP contribution in [0.5, 0.6) is 0 Å². The minimum atomic E-state index is 0.0164. The third-order valence-corrected chi connectivity index (χ3v) is 3.01. The molecule has 0 radical (unpaired) electrons. The Morgan fingerprint density at radius 2 is 2.19 bits per heavy atom. The summed E-state index contributed by atoms with van der Waals surface area (Å²) in [7, 11) is 1.82. The summed E-state index contributed by atoms with van der Waals surface area (Å²) < 4.78 is 1.67. The fourth-order valence-corrected chi connectivity index (χ4v) is 1.83. The molecule has 0 saturated carbocycles. The van der Waals surface area contributed by atoms with Crippen LogP contribution in [0.1, 0.15) is 17.3 Å². The van der Waals surface area contributed by atoms with Crippen LogP contribution in [0.4, 0.5) is 0 Å². The van der Waals surface area contributed by atoms with Crippen LogP contribution < -0.4 is 0 Å². The molecule has 0 amide bonds. The summed E-state index contributed by atoms with van der Waals surface area (Å²) in [5, 5.41) is 5.52. The van der Waals surface area contributed by atoms with E-state index in [0.29, 0.717) is 5.56 Å². The van der Waals surface area contributed by atoms with E-state index in [2.05, 4.69) is 15.1 Å². The number of aromatic nitrogens is 4. The zero-order valence-corrected chi connectivity index (χ0v) is 9.73. The Labute approximate surface area is 96.9 Å². The minimum Gasteiger partial charge on any atom is -0.294 e. The first-order valence-corrected chi connectivity index (χ1v) is 5.47. The lowest BCUT2D eigenvalue weighted by molar-refractivity contribution is 0.101. The predicted octanol–water partition coefficient (Wildman–Crippen LogP) is 1.56. The van der Waals surface area contributed by atoms with Gasteiger partial charge in [-0.1, -0.05) is 0 Å². The molecule has 2 heterocycles. The zero-order valence-electron chi connectivity index (χ0n) is 8.91. The van der Waals surface area contributed by atoms with Crippen LogP contribution in [0.25, 0.3) is 0 Å². The second kappa shape index (κ2) is 4.44. The summed E-state index contributed by atoms with van der Waals surface area (Å²) in [6, 6.07) is 3.56. The van der Waals surface area contributed by atoms with E-state index < -0.39 is 0 Å². The van der Waals surface area contributed by atoms with E-state index >= 15 is 0 Å². The van der Waals surface area contributed by atoms with Gasteiger partial charge in [0.25, 0.3) is 0 Å². The van der Waals surface area contributed by atoms with Crippen LogP contribution in [0.15, 0.2) is 34.8 Å². The van der Waals surface area contributed by atoms with Gasteiger partial charge in [0, 0.05) is 18.8 Å². The second-order valence-corrected chi connectivity index (χ2v) is 4.20. The van der Waals surface area contributed by atoms with Gasteiger partial charge in [0.2, 0.25) is 0 Å². The number of hydrogen-bond acceptors (Lipinski definition) is 5. The van der Waals surface area contributed by atoms with Crippen LogP contribution in [-0.4, -0.2) is 25.5 Å². The first kappa shape index (κ1) is 10.8. The molecule has 16 heavy (non-hydrogen) atoms. The standard InChI is InChI=1S/C10H10N4OS/c1-7(15)8-3-4-9(11-5-8)16-10-12-6-13-14(10)2/h3-6H,1-2H3. The van der Waals surface area contributed by atoms with Crippen LogP contribution in [0, 0.1) is 0 Å². The van der Waals surface area contributed by atoms with Crippen molar-refractivity contribution in [2.45, 2.75) is 17.1 Å². The van der Waals surface area contributed by atoms with Crippen molar-refractivity contribution >= 4 is 17.5 Å². The lowest BCUT2D eigenvalue weighted by Gasteiger charge is -2.00. The van der Waals surface area contributed by atoms with Gasteiger partial charge in [0.1, 0.15) is 11.4 Å². The Morgan fingerprint density at radius 3 is 2.69 bits per heavy atom. The first-order valence-electron chi connectivity index (χ1n) is 4.65. The maximum atomic E-state index is 11.1. The van der Waals surface area contributed by atoms with E-state index in [0.717, 1.165) is 10.2 Å². The molecule has 0 atom stereocenters. The summed E-state index contributed by atoms with van der Waals surface area (Å²) in [5.74, 6) is 0.0164. The smallest absolute Gasteiger partial charge is 0.192 e. The summed E-state index contributed by atoms with van der Waals surface area (Å²) in [4.78, 5) is 19.3. The van der Waals surface area contributed by atoms with Crippen molar-refractivity contribution < 1.29 is 4.79 Å². The molecule has 2 rings (SSSR count). The molecule has 5 nitrogen and oxygen atoms in total. The third-order valence-electron chi connectivity index (χ3n) is 2.01. The molecule has 0 unspecified atom stereocenters. The van der Waals surface area contributed by atoms with Gasteiger partial charge in [-0.05, 0) is 30.8 Å². The molecule has 82 valence electrons. The Balaban J connectivity index is 2.17. The van der Waals surface area contributed by atoms with E-state index in [4.69, 9.17) is 0 Å². The van der Waals surface area contributed by atoms with Crippen LogP contribution in [0.2, 0.25) is 0 Å². The molecule has 2 aromatic rings. The van der Waals surface area contributed by atoms with Crippen molar-refractivity contribution in [3.63, 3.8) is 0 Å². The topological polar surface area (TPSA) is 60.7 Å². The van der Waals surface area contributed by atoms with Crippen molar-refractivity contribution in [3.05, 3.63) is 30.2 Å². The number of ketones is 1. The summed E-state index contributed by atoms with van der Waals surface area (Å²) in [5.41, 5.74) is 0.613. The van der Waals surface area contributed by atoms with Gasteiger partial charge in [-0.15, -0.1) is 0 Å². The summed E-state index contributed by atoms with van der Waals surface area (Å²) >= 11 is 1.41. The Morgan fingerprint density at radius 1 is 1.38 bits per heavy atom.